The number of fused-ring (bicyclic) bond motifs is 1. The van der Waals surface area contributed by atoms with Gasteiger partial charge in [-0.25, -0.2) is 5.10 Å². The van der Waals surface area contributed by atoms with Gasteiger partial charge < -0.3 is 4.90 Å². The minimum Gasteiger partial charge on any atom is -0.335 e. The number of hydrogen-bond donors (Lipinski definition) is 1. The van der Waals surface area contributed by atoms with E-state index in [0.29, 0.717) is 23.0 Å². The van der Waals surface area contributed by atoms with Gasteiger partial charge in [0.05, 0.1) is 5.39 Å². The number of hydrogen-bond acceptors (Lipinski definition) is 3. The number of nitrogens with one attached hydrogen (secondary N) is 1. The van der Waals surface area contributed by atoms with Crippen LogP contribution < -0.4 is 5.56 Å². The van der Waals surface area contributed by atoms with Crippen molar-refractivity contribution >= 4 is 16.7 Å². The van der Waals surface area contributed by atoms with Crippen molar-refractivity contribution in [3.63, 3.8) is 0 Å². The number of carbonyl (C=O) groups excluding carboxylic acids is 1. The number of amides is 1. The van der Waals surface area contributed by atoms with Crippen molar-refractivity contribution < 1.29 is 4.79 Å². The number of carbonyl (C=O) groups is 1. The van der Waals surface area contributed by atoms with Crippen LogP contribution in [0.2, 0.25) is 0 Å². The SMILES string of the molecule is CCCCCN(C(=O)c1n[nH]c(=O)c2ccccc12)C(C)C. The Kier molecular flexibility index (Phi) is 5.31. The summed E-state index contributed by atoms with van der Waals surface area (Å²) in [7, 11) is 0. The Bertz CT molecular complexity index is 706. The van der Waals surface area contributed by atoms with Crippen LogP contribution in [0.4, 0.5) is 0 Å². The van der Waals surface area contributed by atoms with Crippen molar-refractivity contribution in [2.24, 2.45) is 0 Å². The molecule has 0 fully saturated rings. The highest BCUT2D eigenvalue weighted by atomic mass is 16.2. The highest BCUT2D eigenvalue weighted by Crippen LogP contribution is 2.16. The number of aromatic nitrogens is 2. The largest absolute Gasteiger partial charge is 0.335 e. The molecule has 1 aromatic heterocycles. The van der Waals surface area contributed by atoms with Crippen LogP contribution in [0.1, 0.15) is 50.5 Å². The molecular weight excluding hydrogens is 278 g/mol. The summed E-state index contributed by atoms with van der Waals surface area (Å²) in [5, 5.41) is 7.55. The van der Waals surface area contributed by atoms with Gasteiger partial charge in [0.25, 0.3) is 11.5 Å². The third-order valence-corrected chi connectivity index (χ3v) is 3.79. The Hall–Kier alpha value is -2.17. The molecule has 0 aliphatic carbocycles. The second-order valence-electron chi connectivity index (χ2n) is 5.75. The Labute approximate surface area is 130 Å². The quantitative estimate of drug-likeness (QED) is 0.834. The smallest absolute Gasteiger partial charge is 0.275 e. The lowest BCUT2D eigenvalue weighted by molar-refractivity contribution is 0.0697. The van der Waals surface area contributed by atoms with E-state index in [1.807, 2.05) is 24.8 Å². The molecule has 1 N–H and O–H groups in total. The Morgan fingerprint density at radius 3 is 2.55 bits per heavy atom. The van der Waals surface area contributed by atoms with E-state index in [9.17, 15) is 9.59 Å². The van der Waals surface area contributed by atoms with E-state index >= 15 is 0 Å². The van der Waals surface area contributed by atoms with E-state index in [2.05, 4.69) is 17.1 Å². The molecule has 0 saturated carbocycles. The maximum atomic E-state index is 12.8. The van der Waals surface area contributed by atoms with E-state index in [1.54, 1.807) is 18.2 Å². The summed E-state index contributed by atoms with van der Waals surface area (Å²) in [6.07, 6.45) is 3.18. The average Bonchev–Trinajstić information content (AvgIpc) is 2.51. The van der Waals surface area contributed by atoms with Crippen LogP contribution in [0.15, 0.2) is 29.1 Å². The first-order valence-corrected chi connectivity index (χ1v) is 7.84. The molecule has 5 nitrogen and oxygen atoms in total. The molecule has 0 radical (unpaired) electrons. The lowest BCUT2D eigenvalue weighted by atomic mass is 10.1. The molecule has 0 aliphatic rings. The summed E-state index contributed by atoms with van der Waals surface area (Å²) in [6.45, 7) is 6.84. The molecule has 1 heterocycles. The predicted molar refractivity (Wildman–Crippen MR) is 88.1 cm³/mol. The molecule has 2 rings (SSSR count). The fraction of sp³-hybridized carbons (Fsp3) is 0.471. The summed E-state index contributed by atoms with van der Waals surface area (Å²) in [6, 6.07) is 7.18. The summed E-state index contributed by atoms with van der Waals surface area (Å²) < 4.78 is 0. The third-order valence-electron chi connectivity index (χ3n) is 3.79. The standard InChI is InChI=1S/C17H23N3O2/c1-4-5-8-11-20(12(2)3)17(22)15-13-9-6-7-10-14(13)16(21)19-18-15/h6-7,9-10,12H,4-5,8,11H2,1-3H3,(H,19,21). The number of unbranched alkanes of at least 4 members (excludes halogenated alkanes) is 2. The van der Waals surface area contributed by atoms with Crippen LogP contribution in [0.3, 0.4) is 0 Å². The molecule has 5 heteroatoms. The first-order chi connectivity index (χ1) is 10.6. The van der Waals surface area contributed by atoms with Crippen molar-refractivity contribution in [3.05, 3.63) is 40.3 Å². The van der Waals surface area contributed by atoms with E-state index in [0.717, 1.165) is 19.3 Å². The summed E-state index contributed by atoms with van der Waals surface area (Å²) in [4.78, 5) is 26.5. The highest BCUT2D eigenvalue weighted by Gasteiger charge is 2.22. The number of H-pyrrole nitrogens is 1. The predicted octanol–water partition coefficient (Wildman–Crippen LogP) is 2.96. The van der Waals surface area contributed by atoms with Gasteiger partial charge in [-0.05, 0) is 26.3 Å². The molecule has 0 aliphatic heterocycles. The van der Waals surface area contributed by atoms with Crippen LogP contribution in [-0.2, 0) is 0 Å². The van der Waals surface area contributed by atoms with Crippen LogP contribution in [0.25, 0.3) is 10.8 Å². The topological polar surface area (TPSA) is 66.1 Å². The fourth-order valence-electron chi connectivity index (χ4n) is 2.54. The second kappa shape index (κ2) is 7.20. The van der Waals surface area contributed by atoms with Gasteiger partial charge in [-0.1, -0.05) is 38.0 Å². The molecule has 2 aromatic rings. The molecule has 0 unspecified atom stereocenters. The van der Waals surface area contributed by atoms with Gasteiger partial charge in [-0.2, -0.15) is 5.10 Å². The zero-order chi connectivity index (χ0) is 16.1. The van der Waals surface area contributed by atoms with Crippen LogP contribution >= 0.6 is 0 Å². The second-order valence-corrected chi connectivity index (χ2v) is 5.75. The maximum Gasteiger partial charge on any atom is 0.275 e. The lowest BCUT2D eigenvalue weighted by Gasteiger charge is -2.26. The minimum atomic E-state index is -0.269. The number of nitrogens with zero attached hydrogens (tertiary/aromatic N) is 2. The number of benzene rings is 1. The van der Waals surface area contributed by atoms with Crippen molar-refractivity contribution in [1.29, 1.82) is 0 Å². The fourth-order valence-corrected chi connectivity index (χ4v) is 2.54. The summed E-state index contributed by atoms with van der Waals surface area (Å²) >= 11 is 0. The zero-order valence-electron chi connectivity index (χ0n) is 13.4. The molecule has 0 bridgehead atoms. The van der Waals surface area contributed by atoms with Gasteiger partial charge in [-0.15, -0.1) is 0 Å². The normalized spacial score (nSPS) is 11.1. The van der Waals surface area contributed by atoms with Gasteiger partial charge >= 0.3 is 0 Å². The lowest BCUT2D eigenvalue weighted by Crippen LogP contribution is -2.38. The highest BCUT2D eigenvalue weighted by molar-refractivity contribution is 6.04. The van der Waals surface area contributed by atoms with Crippen LogP contribution in [0, 0.1) is 0 Å². The van der Waals surface area contributed by atoms with Gasteiger partial charge in [0.15, 0.2) is 5.69 Å². The maximum absolute atomic E-state index is 12.8. The molecule has 0 saturated heterocycles. The van der Waals surface area contributed by atoms with E-state index < -0.39 is 0 Å². The number of rotatable bonds is 6. The van der Waals surface area contributed by atoms with Crippen LogP contribution in [-0.4, -0.2) is 33.6 Å². The molecule has 118 valence electrons. The summed E-state index contributed by atoms with van der Waals surface area (Å²) in [5.41, 5.74) is 0.0506. The van der Waals surface area contributed by atoms with Crippen LogP contribution in [0.5, 0.6) is 0 Å². The Balaban J connectivity index is 2.39. The van der Waals surface area contributed by atoms with Gasteiger partial charge in [-0.3, -0.25) is 9.59 Å². The molecule has 0 atom stereocenters. The molecular formula is C17H23N3O2. The summed E-state index contributed by atoms with van der Waals surface area (Å²) in [5.74, 6) is -0.126. The van der Waals surface area contributed by atoms with Gasteiger partial charge in [0.2, 0.25) is 0 Å². The molecule has 1 amide bonds. The van der Waals surface area contributed by atoms with E-state index in [-0.39, 0.29) is 17.5 Å². The molecule has 22 heavy (non-hydrogen) atoms. The van der Waals surface area contributed by atoms with Crippen molar-refractivity contribution in [3.8, 4) is 0 Å². The monoisotopic (exact) mass is 301 g/mol. The van der Waals surface area contributed by atoms with Crippen molar-refractivity contribution in [2.45, 2.75) is 46.1 Å². The van der Waals surface area contributed by atoms with E-state index in [4.69, 9.17) is 0 Å². The Morgan fingerprint density at radius 1 is 1.23 bits per heavy atom. The Morgan fingerprint density at radius 2 is 1.91 bits per heavy atom. The third kappa shape index (κ3) is 3.35. The zero-order valence-corrected chi connectivity index (χ0v) is 13.4. The molecule has 1 aromatic carbocycles. The minimum absolute atomic E-state index is 0.0943. The van der Waals surface area contributed by atoms with Gasteiger partial charge in [0, 0.05) is 18.0 Å². The molecule has 0 spiro atoms. The number of aromatic amines is 1. The van der Waals surface area contributed by atoms with Crippen molar-refractivity contribution in [2.75, 3.05) is 6.54 Å². The van der Waals surface area contributed by atoms with E-state index in [1.165, 1.54) is 0 Å². The average molecular weight is 301 g/mol. The van der Waals surface area contributed by atoms with Crippen molar-refractivity contribution in [1.82, 2.24) is 15.1 Å². The first kappa shape index (κ1) is 16.2. The first-order valence-electron chi connectivity index (χ1n) is 7.84. The van der Waals surface area contributed by atoms with Gasteiger partial charge in [0.1, 0.15) is 0 Å².